The number of amides is 1. The molecule has 0 saturated heterocycles. The summed E-state index contributed by atoms with van der Waals surface area (Å²) in [6.45, 7) is 5.05. The number of ether oxygens (including phenoxy) is 1. The van der Waals surface area contributed by atoms with Gasteiger partial charge in [0.25, 0.3) is 5.91 Å². The summed E-state index contributed by atoms with van der Waals surface area (Å²) in [6, 6.07) is 6.32. The van der Waals surface area contributed by atoms with E-state index >= 15 is 0 Å². The zero-order valence-corrected chi connectivity index (χ0v) is 12.0. The molecular formula is C14H18ClNO3. The van der Waals surface area contributed by atoms with Gasteiger partial charge in [0.1, 0.15) is 5.75 Å². The predicted molar refractivity (Wildman–Crippen MR) is 74.4 cm³/mol. The molecule has 0 aliphatic carbocycles. The van der Waals surface area contributed by atoms with E-state index in [9.17, 15) is 9.59 Å². The average molecular weight is 284 g/mol. The predicted octanol–water partition coefficient (Wildman–Crippen LogP) is 2.59. The highest BCUT2D eigenvalue weighted by Gasteiger charge is 2.19. The number of carbonyl (C=O) groups excluding carboxylic acids is 2. The smallest absolute Gasteiger partial charge is 0.261 e. The van der Waals surface area contributed by atoms with Crippen molar-refractivity contribution in [2.24, 2.45) is 0 Å². The molecule has 1 aromatic carbocycles. The molecule has 0 bridgehead atoms. The van der Waals surface area contributed by atoms with E-state index in [1.54, 1.807) is 45.0 Å². The van der Waals surface area contributed by atoms with Gasteiger partial charge in [0.2, 0.25) is 0 Å². The van der Waals surface area contributed by atoms with Crippen LogP contribution in [0.1, 0.15) is 27.2 Å². The molecule has 0 heterocycles. The maximum Gasteiger partial charge on any atom is 0.261 e. The van der Waals surface area contributed by atoms with E-state index in [4.69, 9.17) is 16.3 Å². The van der Waals surface area contributed by atoms with Gasteiger partial charge in [-0.05, 0) is 32.0 Å². The fourth-order valence-electron chi connectivity index (χ4n) is 1.52. The number of nitrogens with one attached hydrogen (secondary N) is 1. The van der Waals surface area contributed by atoms with Crippen molar-refractivity contribution in [2.45, 2.75) is 39.3 Å². The van der Waals surface area contributed by atoms with Gasteiger partial charge in [0, 0.05) is 11.4 Å². The zero-order valence-electron chi connectivity index (χ0n) is 11.3. The fourth-order valence-corrected chi connectivity index (χ4v) is 1.70. The van der Waals surface area contributed by atoms with Gasteiger partial charge in [0.15, 0.2) is 11.9 Å². The molecule has 0 aromatic heterocycles. The van der Waals surface area contributed by atoms with Crippen LogP contribution < -0.4 is 10.1 Å². The highest BCUT2D eigenvalue weighted by atomic mass is 35.5. The summed E-state index contributed by atoms with van der Waals surface area (Å²) in [5.74, 6) is 0.183. The summed E-state index contributed by atoms with van der Waals surface area (Å²) in [4.78, 5) is 23.2. The standard InChI is InChI=1S/C14H18ClNO3/c1-4-13(17)9(2)16-14(18)10(3)19-12-7-5-6-11(15)8-12/h5-10H,4H2,1-3H3,(H,16,18). The highest BCUT2D eigenvalue weighted by Crippen LogP contribution is 2.18. The van der Waals surface area contributed by atoms with E-state index in [-0.39, 0.29) is 11.7 Å². The van der Waals surface area contributed by atoms with Crippen LogP contribution in [0.15, 0.2) is 24.3 Å². The number of Topliss-reactive ketones (excluding diaryl/α,β-unsaturated/α-hetero) is 1. The molecule has 1 rings (SSSR count). The molecule has 4 nitrogen and oxygen atoms in total. The van der Waals surface area contributed by atoms with Gasteiger partial charge in [0.05, 0.1) is 6.04 Å². The Morgan fingerprint density at radius 2 is 2.05 bits per heavy atom. The summed E-state index contributed by atoms with van der Waals surface area (Å²) < 4.78 is 5.46. The summed E-state index contributed by atoms with van der Waals surface area (Å²) in [7, 11) is 0. The average Bonchev–Trinajstić information content (AvgIpc) is 2.37. The minimum atomic E-state index is -0.689. The van der Waals surface area contributed by atoms with Crippen molar-refractivity contribution in [2.75, 3.05) is 0 Å². The molecule has 1 aromatic rings. The number of ketones is 1. The van der Waals surface area contributed by atoms with Crippen molar-refractivity contribution < 1.29 is 14.3 Å². The number of halogens is 1. The molecule has 0 aliphatic rings. The van der Waals surface area contributed by atoms with Crippen LogP contribution in [0.25, 0.3) is 0 Å². The van der Waals surface area contributed by atoms with Crippen LogP contribution in [-0.2, 0) is 9.59 Å². The molecule has 0 radical (unpaired) electrons. The Labute approximate surface area is 118 Å². The third-order valence-corrected chi connectivity index (χ3v) is 2.90. The molecule has 0 spiro atoms. The topological polar surface area (TPSA) is 55.4 Å². The lowest BCUT2D eigenvalue weighted by molar-refractivity contribution is -0.131. The maximum atomic E-state index is 11.8. The summed E-state index contributed by atoms with van der Waals surface area (Å²) in [6.07, 6.45) is -0.295. The van der Waals surface area contributed by atoms with Gasteiger partial charge in [-0.25, -0.2) is 0 Å². The van der Waals surface area contributed by atoms with E-state index in [0.717, 1.165) is 0 Å². The first-order valence-corrected chi connectivity index (χ1v) is 6.57. The van der Waals surface area contributed by atoms with E-state index in [1.165, 1.54) is 0 Å². The van der Waals surface area contributed by atoms with Crippen molar-refractivity contribution in [3.63, 3.8) is 0 Å². The summed E-state index contributed by atoms with van der Waals surface area (Å²) >= 11 is 5.83. The third-order valence-electron chi connectivity index (χ3n) is 2.67. The number of rotatable bonds is 6. The molecular weight excluding hydrogens is 266 g/mol. The first-order valence-electron chi connectivity index (χ1n) is 6.19. The van der Waals surface area contributed by atoms with Gasteiger partial charge in [-0.2, -0.15) is 0 Å². The van der Waals surface area contributed by atoms with E-state index in [0.29, 0.717) is 17.2 Å². The van der Waals surface area contributed by atoms with Gasteiger partial charge >= 0.3 is 0 Å². The van der Waals surface area contributed by atoms with Gasteiger partial charge < -0.3 is 10.1 Å². The van der Waals surface area contributed by atoms with Crippen molar-refractivity contribution in [3.05, 3.63) is 29.3 Å². The first-order chi connectivity index (χ1) is 8.93. The van der Waals surface area contributed by atoms with E-state index in [2.05, 4.69) is 5.32 Å². The van der Waals surface area contributed by atoms with Crippen LogP contribution in [0, 0.1) is 0 Å². The highest BCUT2D eigenvalue weighted by molar-refractivity contribution is 6.30. The van der Waals surface area contributed by atoms with E-state index in [1.807, 2.05) is 0 Å². The molecule has 0 saturated carbocycles. The number of benzene rings is 1. The second kappa shape index (κ2) is 7.14. The molecule has 104 valence electrons. The Morgan fingerprint density at radius 3 is 2.63 bits per heavy atom. The normalized spacial score (nSPS) is 13.5. The zero-order chi connectivity index (χ0) is 14.4. The van der Waals surface area contributed by atoms with Crippen molar-refractivity contribution in [1.29, 1.82) is 0 Å². The first kappa shape index (κ1) is 15.5. The van der Waals surface area contributed by atoms with Crippen LogP contribution in [-0.4, -0.2) is 23.8 Å². The third kappa shape index (κ3) is 4.91. The van der Waals surface area contributed by atoms with E-state index < -0.39 is 12.1 Å². The molecule has 0 fully saturated rings. The Balaban J connectivity index is 2.56. The summed E-state index contributed by atoms with van der Waals surface area (Å²) in [5.41, 5.74) is 0. The second-order valence-corrected chi connectivity index (χ2v) is 4.70. The Bertz CT molecular complexity index is 462. The van der Waals surface area contributed by atoms with Crippen LogP contribution >= 0.6 is 11.6 Å². The van der Waals surface area contributed by atoms with Crippen LogP contribution in [0.3, 0.4) is 0 Å². The lowest BCUT2D eigenvalue weighted by atomic mass is 10.1. The minimum absolute atomic E-state index is 0.0108. The number of hydrogen-bond donors (Lipinski definition) is 1. The maximum absolute atomic E-state index is 11.8. The van der Waals surface area contributed by atoms with Gasteiger partial charge in [-0.1, -0.05) is 24.6 Å². The minimum Gasteiger partial charge on any atom is -0.481 e. The SMILES string of the molecule is CCC(=O)C(C)NC(=O)C(C)Oc1cccc(Cl)c1. The second-order valence-electron chi connectivity index (χ2n) is 4.27. The molecule has 19 heavy (non-hydrogen) atoms. The Kier molecular flexibility index (Phi) is 5.83. The monoisotopic (exact) mass is 283 g/mol. The quantitative estimate of drug-likeness (QED) is 0.873. The lowest BCUT2D eigenvalue weighted by Gasteiger charge is -2.17. The molecule has 1 amide bonds. The lowest BCUT2D eigenvalue weighted by Crippen LogP contribution is -2.44. The molecule has 2 unspecified atom stereocenters. The molecule has 1 N–H and O–H groups in total. The van der Waals surface area contributed by atoms with Crippen molar-refractivity contribution in [1.82, 2.24) is 5.32 Å². The Morgan fingerprint density at radius 1 is 1.37 bits per heavy atom. The van der Waals surface area contributed by atoms with Crippen LogP contribution in [0.5, 0.6) is 5.75 Å². The van der Waals surface area contributed by atoms with Gasteiger partial charge in [-0.15, -0.1) is 0 Å². The van der Waals surface area contributed by atoms with Crippen molar-refractivity contribution >= 4 is 23.3 Å². The number of carbonyl (C=O) groups is 2. The van der Waals surface area contributed by atoms with Gasteiger partial charge in [-0.3, -0.25) is 9.59 Å². The molecule has 5 heteroatoms. The molecule has 0 aliphatic heterocycles. The molecule has 2 atom stereocenters. The van der Waals surface area contributed by atoms with Crippen LogP contribution in [0.4, 0.5) is 0 Å². The largest absolute Gasteiger partial charge is 0.481 e. The number of hydrogen-bond acceptors (Lipinski definition) is 3. The Hall–Kier alpha value is -1.55. The fraction of sp³-hybridized carbons (Fsp3) is 0.429. The van der Waals surface area contributed by atoms with Crippen molar-refractivity contribution in [3.8, 4) is 5.75 Å². The van der Waals surface area contributed by atoms with Crippen LogP contribution in [0.2, 0.25) is 5.02 Å². The summed E-state index contributed by atoms with van der Waals surface area (Å²) in [5, 5.41) is 3.16.